The molecule has 1 aromatic heterocycles. The van der Waals surface area contributed by atoms with Gasteiger partial charge in [0, 0.05) is 47.8 Å². The first-order chi connectivity index (χ1) is 27.3. The second-order valence-corrected chi connectivity index (χ2v) is 17.6. The van der Waals surface area contributed by atoms with Crippen LogP contribution in [0.4, 0.5) is 17.1 Å². The van der Waals surface area contributed by atoms with Gasteiger partial charge in [0.25, 0.3) is 0 Å². The summed E-state index contributed by atoms with van der Waals surface area (Å²) in [6.07, 6.45) is 0. The van der Waals surface area contributed by atoms with Crippen molar-refractivity contribution in [3.05, 3.63) is 198 Å². The van der Waals surface area contributed by atoms with Gasteiger partial charge in [-0.3, -0.25) is 0 Å². The highest BCUT2D eigenvalue weighted by Gasteiger charge is 2.39. The highest BCUT2D eigenvalue weighted by atomic mass is 32.1. The number of para-hydroxylation sites is 1. The number of hydrogen-bond acceptors (Lipinski definition) is 2. The first-order valence-electron chi connectivity index (χ1n) is 19.7. The van der Waals surface area contributed by atoms with Crippen molar-refractivity contribution in [3.8, 4) is 44.5 Å². The van der Waals surface area contributed by atoms with E-state index in [2.05, 4.69) is 209 Å². The number of hydrogen-bond donors (Lipinski definition) is 0. The Hall–Kier alpha value is -6.22. The molecule has 9 aromatic rings. The Balaban J connectivity index is 1.12. The molecule has 0 spiro atoms. The zero-order chi connectivity index (χ0) is 37.8. The molecule has 0 radical (unpaired) electrons. The van der Waals surface area contributed by atoms with Gasteiger partial charge in [0.1, 0.15) is 0 Å². The number of rotatable bonds is 5. The van der Waals surface area contributed by atoms with Gasteiger partial charge in [-0.25, -0.2) is 0 Å². The predicted octanol–water partition coefficient (Wildman–Crippen LogP) is 15.5. The zero-order valence-electron chi connectivity index (χ0n) is 32.1. The lowest BCUT2D eigenvalue weighted by atomic mass is 9.82. The summed E-state index contributed by atoms with van der Waals surface area (Å²) in [6.45, 7) is 9.45. The van der Waals surface area contributed by atoms with Crippen molar-refractivity contribution in [2.75, 3.05) is 4.90 Å². The Kier molecular flexibility index (Phi) is 7.18. The maximum absolute atomic E-state index is 2.51. The predicted molar refractivity (Wildman–Crippen MR) is 240 cm³/mol. The molecular weight excluding hydrogens is 695 g/mol. The lowest BCUT2D eigenvalue weighted by Gasteiger charge is -2.30. The third-order valence-corrected chi connectivity index (χ3v) is 13.9. The summed E-state index contributed by atoms with van der Waals surface area (Å²) in [7, 11) is 0. The molecule has 1 nitrogen and oxygen atoms in total. The lowest BCUT2D eigenvalue weighted by Crippen LogP contribution is -2.16. The highest BCUT2D eigenvalue weighted by Crippen LogP contribution is 2.56. The largest absolute Gasteiger partial charge is 0.309 e. The van der Waals surface area contributed by atoms with E-state index in [0.29, 0.717) is 0 Å². The first-order valence-corrected chi connectivity index (χ1v) is 20.5. The van der Waals surface area contributed by atoms with Gasteiger partial charge in [-0.1, -0.05) is 161 Å². The molecule has 8 aromatic carbocycles. The second-order valence-electron chi connectivity index (χ2n) is 16.5. The number of nitrogens with zero attached hydrogens (tertiary/aromatic N) is 1. The van der Waals surface area contributed by atoms with Crippen LogP contribution in [0.25, 0.3) is 64.7 Å². The van der Waals surface area contributed by atoms with Crippen LogP contribution in [-0.2, 0) is 10.8 Å². The van der Waals surface area contributed by atoms with E-state index in [1.54, 1.807) is 0 Å². The maximum Gasteiger partial charge on any atom is 0.0543 e. The normalized spacial score (nSPS) is 14.4. The molecule has 0 saturated heterocycles. The van der Waals surface area contributed by atoms with Crippen molar-refractivity contribution < 1.29 is 0 Å². The zero-order valence-corrected chi connectivity index (χ0v) is 32.9. The number of benzene rings is 8. The van der Waals surface area contributed by atoms with Crippen LogP contribution in [-0.4, -0.2) is 0 Å². The molecule has 2 aliphatic rings. The molecule has 0 atom stereocenters. The quantitative estimate of drug-likeness (QED) is 0.170. The van der Waals surface area contributed by atoms with Crippen LogP contribution < -0.4 is 4.90 Å². The van der Waals surface area contributed by atoms with Crippen LogP contribution >= 0.6 is 11.3 Å². The topological polar surface area (TPSA) is 3.24 Å². The molecule has 0 bridgehead atoms. The maximum atomic E-state index is 2.51. The van der Waals surface area contributed by atoms with Gasteiger partial charge in [0.2, 0.25) is 0 Å². The molecule has 268 valence electrons. The Bertz CT molecular complexity index is 3030. The second kappa shape index (κ2) is 12.1. The van der Waals surface area contributed by atoms with Crippen LogP contribution in [0.2, 0.25) is 0 Å². The minimum atomic E-state index is -0.111. The SMILES string of the molecule is CC1(C)c2ccccc2-c2c(-c3ccc(N(c4ccccc4-c4ccc5sc6ccccc6c5c4)c4cccc5c4-c4ccccc4C5(C)C)cc3)cccc21. The van der Waals surface area contributed by atoms with Crippen LogP contribution in [0.15, 0.2) is 176 Å². The molecule has 0 amide bonds. The molecule has 1 heterocycles. The first kappa shape index (κ1) is 33.1. The van der Waals surface area contributed by atoms with Crippen LogP contribution in [0.3, 0.4) is 0 Å². The Morgan fingerprint density at radius 2 is 0.893 bits per heavy atom. The summed E-state index contributed by atoms with van der Waals surface area (Å²) in [5.74, 6) is 0. The molecule has 0 saturated carbocycles. The van der Waals surface area contributed by atoms with E-state index in [0.717, 1.165) is 11.4 Å². The van der Waals surface area contributed by atoms with E-state index >= 15 is 0 Å². The van der Waals surface area contributed by atoms with E-state index in [1.165, 1.54) is 92.6 Å². The summed E-state index contributed by atoms with van der Waals surface area (Å²) >= 11 is 1.87. The molecule has 0 aliphatic heterocycles. The molecule has 2 aliphatic carbocycles. The van der Waals surface area contributed by atoms with Gasteiger partial charge in [0.05, 0.1) is 11.4 Å². The van der Waals surface area contributed by atoms with Crippen LogP contribution in [0.5, 0.6) is 0 Å². The average Bonchev–Trinajstić information content (AvgIpc) is 3.81. The Labute approximate surface area is 333 Å². The van der Waals surface area contributed by atoms with E-state index in [4.69, 9.17) is 0 Å². The van der Waals surface area contributed by atoms with Gasteiger partial charge in [-0.05, 0) is 98.1 Å². The van der Waals surface area contributed by atoms with E-state index < -0.39 is 0 Å². The molecule has 56 heavy (non-hydrogen) atoms. The molecule has 11 rings (SSSR count). The van der Waals surface area contributed by atoms with Crippen molar-refractivity contribution in [2.24, 2.45) is 0 Å². The van der Waals surface area contributed by atoms with Gasteiger partial charge in [-0.15, -0.1) is 11.3 Å². The van der Waals surface area contributed by atoms with Crippen molar-refractivity contribution in [1.82, 2.24) is 0 Å². The molecular formula is C54H41NS. The average molecular weight is 736 g/mol. The highest BCUT2D eigenvalue weighted by molar-refractivity contribution is 7.25. The Morgan fingerprint density at radius 1 is 0.375 bits per heavy atom. The third kappa shape index (κ3) is 4.72. The summed E-state index contributed by atoms with van der Waals surface area (Å²) in [5.41, 5.74) is 19.1. The van der Waals surface area contributed by atoms with E-state index in [-0.39, 0.29) is 10.8 Å². The van der Waals surface area contributed by atoms with Gasteiger partial charge >= 0.3 is 0 Å². The number of anilines is 3. The number of thiophene rings is 1. The monoisotopic (exact) mass is 735 g/mol. The minimum Gasteiger partial charge on any atom is -0.309 e. The fraction of sp³-hybridized carbons (Fsp3) is 0.111. The standard InChI is InChI=1S/C54H41NS/c1-53(2)43-20-9-5-17-40(43)51-38(19-13-22-45(51)53)34-27-30-36(31-28-34)55(48-25-14-23-46-52(48)41-18-6-10-21-44(41)54(46,3)4)47-24-11-7-15-37(47)35-29-32-50-42(33-35)39-16-8-12-26-49(39)56-50/h5-33H,1-4H3. The van der Waals surface area contributed by atoms with E-state index in [9.17, 15) is 0 Å². The Morgan fingerprint density at radius 3 is 1.64 bits per heavy atom. The van der Waals surface area contributed by atoms with E-state index in [1.807, 2.05) is 11.3 Å². The molecule has 0 unspecified atom stereocenters. The fourth-order valence-electron chi connectivity index (χ4n) is 9.92. The van der Waals surface area contributed by atoms with Crippen molar-refractivity contribution in [1.29, 1.82) is 0 Å². The van der Waals surface area contributed by atoms with Crippen molar-refractivity contribution >= 4 is 48.6 Å². The lowest BCUT2D eigenvalue weighted by molar-refractivity contribution is 0.660. The van der Waals surface area contributed by atoms with Crippen molar-refractivity contribution in [3.63, 3.8) is 0 Å². The summed E-state index contributed by atoms with van der Waals surface area (Å²) < 4.78 is 2.64. The molecule has 0 fully saturated rings. The third-order valence-electron chi connectivity index (χ3n) is 12.7. The fourth-order valence-corrected chi connectivity index (χ4v) is 11.0. The summed E-state index contributed by atoms with van der Waals surface area (Å²) in [5, 5.41) is 2.63. The molecule has 2 heteroatoms. The van der Waals surface area contributed by atoms with Crippen LogP contribution in [0, 0.1) is 0 Å². The van der Waals surface area contributed by atoms with Crippen molar-refractivity contribution in [2.45, 2.75) is 38.5 Å². The summed E-state index contributed by atoms with van der Waals surface area (Å²) in [4.78, 5) is 2.51. The summed E-state index contributed by atoms with van der Waals surface area (Å²) in [6, 6.07) is 65.8. The van der Waals surface area contributed by atoms with Crippen LogP contribution in [0.1, 0.15) is 49.9 Å². The smallest absolute Gasteiger partial charge is 0.0543 e. The number of fused-ring (bicyclic) bond motifs is 9. The van der Waals surface area contributed by atoms with Gasteiger partial charge in [0.15, 0.2) is 0 Å². The van der Waals surface area contributed by atoms with Gasteiger partial charge in [-0.2, -0.15) is 0 Å². The van der Waals surface area contributed by atoms with Gasteiger partial charge < -0.3 is 4.90 Å². The minimum absolute atomic E-state index is 0.0432. The molecule has 0 N–H and O–H groups in total.